The van der Waals surface area contributed by atoms with Crippen molar-refractivity contribution >= 4 is 17.7 Å². The van der Waals surface area contributed by atoms with Crippen LogP contribution < -0.4 is 4.90 Å². The standard InChI is InChI=1S/C13H17N3O4/c1-2-20-13(19)16-7-5-15(6-8-16)10-3-4-11(12(17)18)14-9-10/h3-4,9H,2,5-8H2,1H3,(H,17,18). The van der Waals surface area contributed by atoms with Crippen LogP contribution in [0.3, 0.4) is 0 Å². The summed E-state index contributed by atoms with van der Waals surface area (Å²) in [4.78, 5) is 29.9. The fourth-order valence-corrected chi connectivity index (χ4v) is 2.06. The molecule has 1 amide bonds. The molecule has 0 bridgehead atoms. The van der Waals surface area contributed by atoms with Crippen molar-refractivity contribution < 1.29 is 19.4 Å². The lowest BCUT2D eigenvalue weighted by atomic mass is 10.2. The number of anilines is 1. The Bertz CT molecular complexity index is 481. The van der Waals surface area contributed by atoms with Crippen molar-refractivity contribution in [3.05, 3.63) is 24.0 Å². The molecule has 1 aliphatic heterocycles. The van der Waals surface area contributed by atoms with Crippen molar-refractivity contribution in [1.29, 1.82) is 0 Å². The van der Waals surface area contributed by atoms with Gasteiger partial charge in [-0.2, -0.15) is 0 Å². The molecule has 2 heterocycles. The normalized spacial score (nSPS) is 15.1. The number of ether oxygens (including phenoxy) is 1. The zero-order chi connectivity index (χ0) is 14.5. The van der Waals surface area contributed by atoms with Crippen molar-refractivity contribution in [1.82, 2.24) is 9.88 Å². The Balaban J connectivity index is 1.93. The Kier molecular flexibility index (Phi) is 4.39. The summed E-state index contributed by atoms with van der Waals surface area (Å²) in [6.45, 7) is 4.67. The molecule has 20 heavy (non-hydrogen) atoms. The summed E-state index contributed by atoms with van der Waals surface area (Å²) >= 11 is 0. The molecule has 0 radical (unpaired) electrons. The summed E-state index contributed by atoms with van der Waals surface area (Å²) < 4.78 is 4.96. The number of rotatable bonds is 3. The third-order valence-electron chi connectivity index (χ3n) is 3.14. The van der Waals surface area contributed by atoms with Gasteiger partial charge in [0, 0.05) is 26.2 Å². The van der Waals surface area contributed by atoms with Crippen LogP contribution in [-0.2, 0) is 4.74 Å². The first-order chi connectivity index (χ1) is 9.61. The molecule has 1 aliphatic rings. The molecule has 1 fully saturated rings. The fourth-order valence-electron chi connectivity index (χ4n) is 2.06. The van der Waals surface area contributed by atoms with E-state index >= 15 is 0 Å². The maximum absolute atomic E-state index is 11.6. The lowest BCUT2D eigenvalue weighted by Crippen LogP contribution is -2.49. The molecule has 1 saturated heterocycles. The smallest absolute Gasteiger partial charge is 0.409 e. The molecule has 108 valence electrons. The van der Waals surface area contributed by atoms with E-state index in [1.807, 2.05) is 0 Å². The number of nitrogens with zero attached hydrogens (tertiary/aromatic N) is 3. The molecule has 1 aromatic heterocycles. The number of aromatic nitrogens is 1. The van der Waals surface area contributed by atoms with Crippen molar-refractivity contribution in [2.24, 2.45) is 0 Å². The number of carbonyl (C=O) groups is 2. The third kappa shape index (κ3) is 3.17. The van der Waals surface area contributed by atoms with E-state index in [4.69, 9.17) is 9.84 Å². The number of amides is 1. The van der Waals surface area contributed by atoms with E-state index in [1.165, 1.54) is 6.07 Å². The topological polar surface area (TPSA) is 83.0 Å². The molecule has 7 nitrogen and oxygen atoms in total. The van der Waals surface area contributed by atoms with E-state index in [9.17, 15) is 9.59 Å². The molecule has 1 aromatic rings. The fraction of sp³-hybridized carbons (Fsp3) is 0.462. The van der Waals surface area contributed by atoms with Crippen molar-refractivity contribution in [3.63, 3.8) is 0 Å². The highest BCUT2D eigenvalue weighted by atomic mass is 16.6. The summed E-state index contributed by atoms with van der Waals surface area (Å²) in [5, 5.41) is 8.80. The number of carboxylic acid groups (broad SMARTS) is 1. The van der Waals surface area contributed by atoms with Gasteiger partial charge in [-0.15, -0.1) is 0 Å². The van der Waals surface area contributed by atoms with Gasteiger partial charge in [-0.1, -0.05) is 0 Å². The first-order valence-electron chi connectivity index (χ1n) is 6.48. The first-order valence-corrected chi connectivity index (χ1v) is 6.48. The van der Waals surface area contributed by atoms with Crippen LogP contribution in [-0.4, -0.2) is 59.8 Å². The molecular formula is C13H17N3O4. The largest absolute Gasteiger partial charge is 0.477 e. The van der Waals surface area contributed by atoms with Crippen LogP contribution in [0.2, 0.25) is 0 Å². The molecule has 0 aliphatic carbocycles. The molecular weight excluding hydrogens is 262 g/mol. The lowest BCUT2D eigenvalue weighted by molar-refractivity contribution is 0.0690. The number of hydrogen-bond donors (Lipinski definition) is 1. The minimum atomic E-state index is -1.04. The van der Waals surface area contributed by atoms with Gasteiger partial charge in [-0.3, -0.25) is 0 Å². The third-order valence-corrected chi connectivity index (χ3v) is 3.14. The second kappa shape index (κ2) is 6.23. The van der Waals surface area contributed by atoms with E-state index in [2.05, 4.69) is 9.88 Å². The van der Waals surface area contributed by atoms with E-state index in [1.54, 1.807) is 24.1 Å². The summed E-state index contributed by atoms with van der Waals surface area (Å²) in [5.74, 6) is -1.04. The van der Waals surface area contributed by atoms with Crippen LogP contribution >= 0.6 is 0 Å². The summed E-state index contributed by atoms with van der Waals surface area (Å²) in [5.41, 5.74) is 0.886. The highest BCUT2D eigenvalue weighted by molar-refractivity contribution is 5.85. The molecule has 7 heteroatoms. The zero-order valence-electron chi connectivity index (χ0n) is 11.3. The number of carboxylic acids is 1. The van der Waals surface area contributed by atoms with E-state index < -0.39 is 5.97 Å². The van der Waals surface area contributed by atoms with Gasteiger partial charge in [0.1, 0.15) is 5.69 Å². The maximum atomic E-state index is 11.6. The van der Waals surface area contributed by atoms with Gasteiger partial charge in [-0.05, 0) is 19.1 Å². The quantitative estimate of drug-likeness (QED) is 0.890. The summed E-state index contributed by atoms with van der Waals surface area (Å²) in [6, 6.07) is 3.21. The van der Waals surface area contributed by atoms with Crippen LogP contribution in [0, 0.1) is 0 Å². The number of aromatic carboxylic acids is 1. The number of pyridine rings is 1. The highest BCUT2D eigenvalue weighted by Gasteiger charge is 2.22. The number of carbonyl (C=O) groups excluding carboxylic acids is 1. The second-order valence-corrected chi connectivity index (χ2v) is 4.38. The minimum absolute atomic E-state index is 0.0268. The minimum Gasteiger partial charge on any atom is -0.477 e. The van der Waals surface area contributed by atoms with Crippen LogP contribution in [0.25, 0.3) is 0 Å². The van der Waals surface area contributed by atoms with Crippen molar-refractivity contribution in [2.45, 2.75) is 6.92 Å². The second-order valence-electron chi connectivity index (χ2n) is 4.38. The Hall–Kier alpha value is -2.31. The lowest BCUT2D eigenvalue weighted by Gasteiger charge is -2.35. The van der Waals surface area contributed by atoms with Gasteiger partial charge in [0.25, 0.3) is 0 Å². The van der Waals surface area contributed by atoms with Gasteiger partial charge in [0.15, 0.2) is 0 Å². The van der Waals surface area contributed by atoms with E-state index in [0.29, 0.717) is 32.8 Å². The predicted molar refractivity (Wildman–Crippen MR) is 72.0 cm³/mol. The summed E-state index contributed by atoms with van der Waals surface area (Å²) in [6.07, 6.45) is 1.26. The zero-order valence-corrected chi connectivity index (χ0v) is 11.3. The number of hydrogen-bond acceptors (Lipinski definition) is 5. The Morgan fingerprint density at radius 2 is 2.00 bits per heavy atom. The molecule has 0 spiro atoms. The van der Waals surface area contributed by atoms with Gasteiger partial charge >= 0.3 is 12.1 Å². The van der Waals surface area contributed by atoms with Gasteiger partial charge in [-0.25, -0.2) is 14.6 Å². The van der Waals surface area contributed by atoms with Crippen LogP contribution in [0.5, 0.6) is 0 Å². The predicted octanol–water partition coefficient (Wildman–Crippen LogP) is 1.06. The van der Waals surface area contributed by atoms with Crippen LogP contribution in [0.15, 0.2) is 18.3 Å². The first kappa shape index (κ1) is 14.1. The molecule has 0 aromatic carbocycles. The van der Waals surface area contributed by atoms with Crippen molar-refractivity contribution in [3.8, 4) is 0 Å². The Labute approximate surface area is 116 Å². The van der Waals surface area contributed by atoms with Crippen molar-refractivity contribution in [2.75, 3.05) is 37.7 Å². The van der Waals surface area contributed by atoms with Gasteiger partial charge < -0.3 is 19.6 Å². The molecule has 2 rings (SSSR count). The SMILES string of the molecule is CCOC(=O)N1CCN(c2ccc(C(=O)O)nc2)CC1. The maximum Gasteiger partial charge on any atom is 0.409 e. The highest BCUT2D eigenvalue weighted by Crippen LogP contribution is 2.16. The van der Waals surface area contributed by atoms with Gasteiger partial charge in [0.2, 0.25) is 0 Å². The number of piperazine rings is 1. The molecule has 0 atom stereocenters. The van der Waals surface area contributed by atoms with E-state index in [-0.39, 0.29) is 11.8 Å². The monoisotopic (exact) mass is 279 g/mol. The Morgan fingerprint density at radius 3 is 2.50 bits per heavy atom. The average molecular weight is 279 g/mol. The van der Waals surface area contributed by atoms with E-state index in [0.717, 1.165) is 5.69 Å². The summed E-state index contributed by atoms with van der Waals surface area (Å²) in [7, 11) is 0. The Morgan fingerprint density at radius 1 is 1.30 bits per heavy atom. The molecule has 0 saturated carbocycles. The van der Waals surface area contributed by atoms with Crippen LogP contribution in [0.1, 0.15) is 17.4 Å². The van der Waals surface area contributed by atoms with Crippen LogP contribution in [0.4, 0.5) is 10.5 Å². The molecule has 1 N–H and O–H groups in total. The molecule has 0 unspecified atom stereocenters. The van der Waals surface area contributed by atoms with Gasteiger partial charge in [0.05, 0.1) is 18.5 Å². The average Bonchev–Trinajstić information content (AvgIpc) is 2.48.